The van der Waals surface area contributed by atoms with E-state index in [0.29, 0.717) is 6.07 Å². The third-order valence-electron chi connectivity index (χ3n) is 1.71. The summed E-state index contributed by atoms with van der Waals surface area (Å²) in [6.45, 7) is 0. The van der Waals surface area contributed by atoms with E-state index < -0.39 is 11.6 Å². The lowest BCUT2D eigenvalue weighted by molar-refractivity contribution is 0.301. The highest BCUT2D eigenvalue weighted by atomic mass is 19.1. The number of hydrogen-bond acceptors (Lipinski definition) is 3. The van der Waals surface area contributed by atoms with Crippen LogP contribution in [0.4, 0.5) is 8.78 Å². The van der Waals surface area contributed by atoms with Gasteiger partial charge in [-0.3, -0.25) is 0 Å². The highest BCUT2D eigenvalue weighted by molar-refractivity contribution is 5.52. The zero-order valence-electron chi connectivity index (χ0n) is 8.06. The highest BCUT2D eigenvalue weighted by Gasteiger charge is 2.20. The van der Waals surface area contributed by atoms with Crippen molar-refractivity contribution in [2.24, 2.45) is 0 Å². The van der Waals surface area contributed by atoms with Crippen LogP contribution >= 0.6 is 0 Å². The molecule has 14 heavy (non-hydrogen) atoms. The van der Waals surface area contributed by atoms with Gasteiger partial charge in [0.05, 0.1) is 21.3 Å². The number of benzene rings is 1. The van der Waals surface area contributed by atoms with Crippen molar-refractivity contribution in [3.63, 3.8) is 0 Å². The first-order valence-electron chi connectivity index (χ1n) is 3.79. The Labute approximate surface area is 80.2 Å². The van der Waals surface area contributed by atoms with E-state index in [0.717, 1.165) is 0 Å². The molecule has 0 bridgehead atoms. The second-order valence-corrected chi connectivity index (χ2v) is 2.44. The predicted octanol–water partition coefficient (Wildman–Crippen LogP) is 1.99. The second kappa shape index (κ2) is 4.13. The fourth-order valence-electron chi connectivity index (χ4n) is 1.13. The molecule has 0 unspecified atom stereocenters. The zero-order chi connectivity index (χ0) is 10.7. The molecule has 0 N–H and O–H groups in total. The van der Waals surface area contributed by atoms with Crippen LogP contribution < -0.4 is 14.2 Å². The predicted molar refractivity (Wildman–Crippen MR) is 46.0 cm³/mol. The standard InChI is InChI=1S/C9H10F2O3/c1-12-7-5(10)4-6(11)8(13-2)9(7)14-3/h4H,1-3H3. The molecule has 1 rings (SSSR count). The van der Waals surface area contributed by atoms with Crippen LogP contribution in [0, 0.1) is 11.6 Å². The highest BCUT2D eigenvalue weighted by Crippen LogP contribution is 2.40. The summed E-state index contributed by atoms with van der Waals surface area (Å²) >= 11 is 0. The van der Waals surface area contributed by atoms with Crippen molar-refractivity contribution in [2.75, 3.05) is 21.3 Å². The van der Waals surface area contributed by atoms with Crippen molar-refractivity contribution in [1.29, 1.82) is 0 Å². The van der Waals surface area contributed by atoms with E-state index in [-0.39, 0.29) is 17.2 Å². The molecule has 0 amide bonds. The molecule has 3 nitrogen and oxygen atoms in total. The molecular formula is C9H10F2O3. The van der Waals surface area contributed by atoms with Crippen LogP contribution in [0.3, 0.4) is 0 Å². The van der Waals surface area contributed by atoms with Gasteiger partial charge >= 0.3 is 0 Å². The maximum atomic E-state index is 13.1. The van der Waals surface area contributed by atoms with Gasteiger partial charge < -0.3 is 14.2 Å². The van der Waals surface area contributed by atoms with E-state index in [4.69, 9.17) is 14.2 Å². The van der Waals surface area contributed by atoms with Crippen LogP contribution in [0.25, 0.3) is 0 Å². The fraction of sp³-hybridized carbons (Fsp3) is 0.333. The van der Waals surface area contributed by atoms with Crippen LogP contribution in [0.1, 0.15) is 0 Å². The minimum absolute atomic E-state index is 0.0903. The maximum Gasteiger partial charge on any atom is 0.209 e. The summed E-state index contributed by atoms with van der Waals surface area (Å²) in [5, 5.41) is 0. The smallest absolute Gasteiger partial charge is 0.209 e. The van der Waals surface area contributed by atoms with Crippen LogP contribution in [-0.4, -0.2) is 21.3 Å². The Hall–Kier alpha value is -1.52. The average Bonchev–Trinajstić information content (AvgIpc) is 2.16. The van der Waals surface area contributed by atoms with Crippen LogP contribution in [0.5, 0.6) is 17.2 Å². The Bertz CT molecular complexity index is 311. The minimum Gasteiger partial charge on any atom is -0.490 e. The molecular weight excluding hydrogens is 194 g/mol. The molecule has 0 radical (unpaired) electrons. The van der Waals surface area contributed by atoms with Crippen LogP contribution in [-0.2, 0) is 0 Å². The lowest BCUT2D eigenvalue weighted by atomic mass is 10.2. The average molecular weight is 204 g/mol. The first-order chi connectivity index (χ1) is 6.65. The first-order valence-corrected chi connectivity index (χ1v) is 3.79. The molecule has 0 atom stereocenters. The van der Waals surface area contributed by atoms with Gasteiger partial charge in [0.2, 0.25) is 17.2 Å². The van der Waals surface area contributed by atoms with Gasteiger partial charge in [-0.15, -0.1) is 0 Å². The van der Waals surface area contributed by atoms with E-state index in [9.17, 15) is 8.78 Å². The Kier molecular flexibility index (Phi) is 3.11. The van der Waals surface area contributed by atoms with E-state index in [2.05, 4.69) is 0 Å². The molecule has 0 fully saturated rings. The quantitative estimate of drug-likeness (QED) is 0.753. The van der Waals surface area contributed by atoms with Crippen molar-refractivity contribution in [3.8, 4) is 17.2 Å². The monoisotopic (exact) mass is 204 g/mol. The van der Waals surface area contributed by atoms with Crippen molar-refractivity contribution in [1.82, 2.24) is 0 Å². The summed E-state index contributed by atoms with van der Waals surface area (Å²) in [5.74, 6) is -2.10. The third kappa shape index (κ3) is 1.57. The maximum absolute atomic E-state index is 13.1. The molecule has 0 heterocycles. The molecule has 78 valence electrons. The second-order valence-electron chi connectivity index (χ2n) is 2.44. The molecule has 0 saturated carbocycles. The molecule has 1 aromatic carbocycles. The summed E-state index contributed by atoms with van der Waals surface area (Å²) in [5.41, 5.74) is 0. The molecule has 0 aliphatic carbocycles. The van der Waals surface area contributed by atoms with E-state index >= 15 is 0 Å². The Morgan fingerprint density at radius 2 is 1.14 bits per heavy atom. The van der Waals surface area contributed by atoms with E-state index in [1.807, 2.05) is 0 Å². The van der Waals surface area contributed by atoms with Crippen molar-refractivity contribution >= 4 is 0 Å². The number of ether oxygens (including phenoxy) is 3. The van der Waals surface area contributed by atoms with Gasteiger partial charge in [-0.2, -0.15) is 0 Å². The molecule has 0 spiro atoms. The molecule has 0 aliphatic heterocycles. The van der Waals surface area contributed by atoms with Gasteiger partial charge in [-0.25, -0.2) is 8.78 Å². The summed E-state index contributed by atoms with van der Waals surface area (Å²) < 4.78 is 40.5. The lowest BCUT2D eigenvalue weighted by Crippen LogP contribution is -1.99. The van der Waals surface area contributed by atoms with Gasteiger partial charge in [0.25, 0.3) is 0 Å². The fourth-order valence-corrected chi connectivity index (χ4v) is 1.13. The number of rotatable bonds is 3. The summed E-state index contributed by atoms with van der Waals surface area (Å²) in [4.78, 5) is 0. The topological polar surface area (TPSA) is 27.7 Å². The largest absolute Gasteiger partial charge is 0.490 e. The summed E-state index contributed by atoms with van der Waals surface area (Å²) in [6, 6.07) is 0.681. The first kappa shape index (κ1) is 10.6. The number of methoxy groups -OCH3 is 3. The van der Waals surface area contributed by atoms with E-state index in [1.165, 1.54) is 21.3 Å². The van der Waals surface area contributed by atoms with Gasteiger partial charge in [0.1, 0.15) is 0 Å². The zero-order valence-corrected chi connectivity index (χ0v) is 8.06. The molecule has 5 heteroatoms. The summed E-state index contributed by atoms with van der Waals surface area (Å²) in [7, 11) is 3.80. The van der Waals surface area contributed by atoms with Crippen LogP contribution in [0.15, 0.2) is 6.07 Å². The Morgan fingerprint density at radius 3 is 1.43 bits per heavy atom. The molecule has 0 aliphatic rings. The normalized spacial score (nSPS) is 9.79. The molecule has 0 aromatic heterocycles. The lowest BCUT2D eigenvalue weighted by Gasteiger charge is -2.12. The van der Waals surface area contributed by atoms with Crippen molar-refractivity contribution < 1.29 is 23.0 Å². The number of hydrogen-bond donors (Lipinski definition) is 0. The van der Waals surface area contributed by atoms with Gasteiger partial charge in [-0.05, 0) is 0 Å². The Morgan fingerprint density at radius 1 is 0.786 bits per heavy atom. The van der Waals surface area contributed by atoms with Gasteiger partial charge in [0.15, 0.2) is 11.6 Å². The van der Waals surface area contributed by atoms with Crippen LogP contribution in [0.2, 0.25) is 0 Å². The van der Waals surface area contributed by atoms with E-state index in [1.54, 1.807) is 0 Å². The van der Waals surface area contributed by atoms with Gasteiger partial charge in [0, 0.05) is 6.07 Å². The van der Waals surface area contributed by atoms with Gasteiger partial charge in [-0.1, -0.05) is 0 Å². The Balaban J connectivity index is 3.43. The molecule has 0 saturated heterocycles. The molecule has 1 aromatic rings. The minimum atomic E-state index is -0.831. The summed E-state index contributed by atoms with van der Waals surface area (Å²) in [6.07, 6.45) is 0. The van der Waals surface area contributed by atoms with Crippen molar-refractivity contribution in [3.05, 3.63) is 17.7 Å². The number of halogens is 2. The third-order valence-corrected chi connectivity index (χ3v) is 1.71. The SMILES string of the molecule is COc1c(F)cc(F)c(OC)c1OC. The van der Waals surface area contributed by atoms with Crippen molar-refractivity contribution in [2.45, 2.75) is 0 Å².